The number of carbonyl (C=O) groups excluding carboxylic acids is 1. The van der Waals surface area contributed by atoms with Crippen molar-refractivity contribution in [2.45, 2.75) is 6.92 Å². The third-order valence-electron chi connectivity index (χ3n) is 2.57. The molecule has 0 aliphatic carbocycles. The fourth-order valence-corrected chi connectivity index (χ4v) is 1.64. The van der Waals surface area contributed by atoms with Gasteiger partial charge in [-0.2, -0.15) is 0 Å². The van der Waals surface area contributed by atoms with Crippen molar-refractivity contribution in [2.75, 3.05) is 13.2 Å². The maximum Gasteiger partial charge on any atom is 0.333 e. The van der Waals surface area contributed by atoms with Gasteiger partial charge in [0, 0.05) is 22.4 Å². The predicted octanol–water partition coefficient (Wildman–Crippen LogP) is 1.68. The summed E-state index contributed by atoms with van der Waals surface area (Å²) in [5.74, 6) is -0.397. The molecule has 0 N–H and O–H groups in total. The van der Waals surface area contributed by atoms with Crippen LogP contribution in [0.25, 0.3) is 10.9 Å². The first-order chi connectivity index (χ1) is 9.18. The van der Waals surface area contributed by atoms with Crippen molar-refractivity contribution >= 4 is 16.9 Å². The predicted molar refractivity (Wildman–Crippen MR) is 71.4 cm³/mol. The molecule has 1 heterocycles. The molecule has 0 aliphatic heterocycles. The Bertz CT molecular complexity index is 602. The molecule has 0 amide bonds. The van der Waals surface area contributed by atoms with E-state index in [9.17, 15) is 4.79 Å². The van der Waals surface area contributed by atoms with Crippen LogP contribution in [0.3, 0.4) is 0 Å². The van der Waals surface area contributed by atoms with E-state index in [1.807, 2.05) is 42.6 Å². The van der Waals surface area contributed by atoms with Crippen LogP contribution in [0.1, 0.15) is 6.92 Å². The van der Waals surface area contributed by atoms with Crippen LogP contribution in [-0.4, -0.2) is 19.2 Å². The number of hydrogen-bond donors (Lipinski definition) is 0. The lowest BCUT2D eigenvalue weighted by Gasteiger charge is -2.03. The molecular formula is C15H16NO3+. The van der Waals surface area contributed by atoms with E-state index < -0.39 is 5.97 Å². The van der Waals surface area contributed by atoms with Crippen LogP contribution in [0.15, 0.2) is 54.7 Å². The van der Waals surface area contributed by atoms with Crippen molar-refractivity contribution in [3.8, 4) is 0 Å². The Morgan fingerprint density at radius 3 is 2.74 bits per heavy atom. The molecule has 0 aliphatic rings. The SMILES string of the molecule is C=C(C)C(=O)OCCO[n+]1cccc2ccccc21. The van der Waals surface area contributed by atoms with Crippen molar-refractivity contribution in [3.05, 3.63) is 54.7 Å². The molecule has 0 spiro atoms. The number of pyridine rings is 1. The summed E-state index contributed by atoms with van der Waals surface area (Å²) in [6.45, 7) is 5.61. The first-order valence-electron chi connectivity index (χ1n) is 6.04. The van der Waals surface area contributed by atoms with Gasteiger partial charge in [-0.05, 0) is 19.1 Å². The van der Waals surface area contributed by atoms with E-state index in [4.69, 9.17) is 9.57 Å². The molecule has 0 bridgehead atoms. The molecule has 0 atom stereocenters. The van der Waals surface area contributed by atoms with Gasteiger partial charge in [-0.15, -0.1) is 0 Å². The van der Waals surface area contributed by atoms with Gasteiger partial charge in [0.25, 0.3) is 5.52 Å². The Balaban J connectivity index is 1.95. The molecule has 0 saturated carbocycles. The molecule has 0 radical (unpaired) electrons. The molecule has 19 heavy (non-hydrogen) atoms. The van der Waals surface area contributed by atoms with Crippen molar-refractivity contribution in [1.29, 1.82) is 0 Å². The number of benzene rings is 1. The van der Waals surface area contributed by atoms with Crippen LogP contribution in [0.4, 0.5) is 0 Å². The molecule has 1 aromatic heterocycles. The van der Waals surface area contributed by atoms with Crippen LogP contribution >= 0.6 is 0 Å². The lowest BCUT2D eigenvalue weighted by atomic mass is 10.2. The minimum atomic E-state index is -0.397. The monoisotopic (exact) mass is 258 g/mol. The highest BCUT2D eigenvalue weighted by atomic mass is 16.7. The van der Waals surface area contributed by atoms with Gasteiger partial charge >= 0.3 is 5.97 Å². The van der Waals surface area contributed by atoms with E-state index in [-0.39, 0.29) is 13.2 Å². The summed E-state index contributed by atoms with van der Waals surface area (Å²) >= 11 is 0. The second kappa shape index (κ2) is 6.00. The highest BCUT2D eigenvalue weighted by Gasteiger charge is 2.09. The molecule has 98 valence electrons. The van der Waals surface area contributed by atoms with E-state index in [0.29, 0.717) is 5.57 Å². The zero-order chi connectivity index (χ0) is 13.7. The van der Waals surface area contributed by atoms with Gasteiger partial charge in [0.2, 0.25) is 6.20 Å². The Hall–Kier alpha value is -2.36. The average Bonchev–Trinajstić information content (AvgIpc) is 2.43. The quantitative estimate of drug-likeness (QED) is 0.354. The number of hydrogen-bond acceptors (Lipinski definition) is 3. The molecule has 1 aromatic carbocycles. The number of ether oxygens (including phenoxy) is 1. The second-order valence-corrected chi connectivity index (χ2v) is 4.14. The molecule has 0 saturated heterocycles. The molecule has 0 unspecified atom stereocenters. The smallest absolute Gasteiger partial charge is 0.333 e. The Labute approximate surface area is 111 Å². The topological polar surface area (TPSA) is 39.4 Å². The van der Waals surface area contributed by atoms with Crippen LogP contribution in [0.5, 0.6) is 0 Å². The highest BCUT2D eigenvalue weighted by molar-refractivity contribution is 5.86. The van der Waals surface area contributed by atoms with Gasteiger partial charge in [-0.25, -0.2) is 4.79 Å². The standard InChI is InChI=1S/C15H16NO3/c1-12(2)15(17)18-10-11-19-16-9-5-7-13-6-3-4-8-14(13)16/h3-9H,1,10-11H2,2H3/q+1. The van der Waals surface area contributed by atoms with Crippen LogP contribution in [0, 0.1) is 0 Å². The Morgan fingerprint density at radius 2 is 1.95 bits per heavy atom. The normalized spacial score (nSPS) is 10.2. The third kappa shape index (κ3) is 3.31. The maximum absolute atomic E-state index is 11.2. The van der Waals surface area contributed by atoms with E-state index in [2.05, 4.69) is 6.58 Å². The van der Waals surface area contributed by atoms with Gasteiger partial charge in [0.15, 0.2) is 6.61 Å². The number of nitrogens with zero attached hydrogens (tertiary/aromatic N) is 1. The van der Waals surface area contributed by atoms with Crippen LogP contribution in [-0.2, 0) is 9.53 Å². The van der Waals surface area contributed by atoms with Gasteiger partial charge in [0.1, 0.15) is 6.61 Å². The number of carbonyl (C=O) groups is 1. The number of rotatable bonds is 5. The van der Waals surface area contributed by atoms with Crippen LogP contribution < -0.4 is 9.57 Å². The lowest BCUT2D eigenvalue weighted by molar-refractivity contribution is -0.871. The lowest BCUT2D eigenvalue weighted by Crippen LogP contribution is -2.44. The summed E-state index contributed by atoms with van der Waals surface area (Å²) in [5, 5.41) is 1.09. The summed E-state index contributed by atoms with van der Waals surface area (Å²) in [6, 6.07) is 11.8. The fraction of sp³-hybridized carbons (Fsp3) is 0.200. The van der Waals surface area contributed by atoms with E-state index in [1.165, 1.54) is 0 Å². The summed E-state index contributed by atoms with van der Waals surface area (Å²) in [7, 11) is 0. The Morgan fingerprint density at radius 1 is 1.21 bits per heavy atom. The highest BCUT2D eigenvalue weighted by Crippen LogP contribution is 2.06. The molecular weight excluding hydrogens is 242 g/mol. The zero-order valence-electron chi connectivity index (χ0n) is 10.8. The van der Waals surface area contributed by atoms with Crippen LogP contribution in [0.2, 0.25) is 0 Å². The van der Waals surface area contributed by atoms with Crippen molar-refractivity contribution < 1.29 is 19.1 Å². The van der Waals surface area contributed by atoms with E-state index in [1.54, 1.807) is 11.7 Å². The minimum Gasteiger partial charge on any atom is -0.458 e. The summed E-state index contributed by atoms with van der Waals surface area (Å²) in [5.41, 5.74) is 1.36. The molecule has 0 fully saturated rings. The molecule has 2 rings (SSSR count). The van der Waals surface area contributed by atoms with Crippen molar-refractivity contribution in [2.24, 2.45) is 0 Å². The summed E-state index contributed by atoms with van der Waals surface area (Å²) in [6.07, 6.45) is 1.82. The van der Waals surface area contributed by atoms with Gasteiger partial charge in [0.05, 0.1) is 5.39 Å². The molecule has 4 nitrogen and oxygen atoms in total. The minimum absolute atomic E-state index is 0.196. The van der Waals surface area contributed by atoms with Crippen molar-refractivity contribution in [1.82, 2.24) is 0 Å². The van der Waals surface area contributed by atoms with Gasteiger partial charge in [-0.3, -0.25) is 4.84 Å². The number of para-hydroxylation sites is 1. The fourth-order valence-electron chi connectivity index (χ4n) is 1.64. The van der Waals surface area contributed by atoms with Gasteiger partial charge < -0.3 is 4.74 Å². The first-order valence-corrected chi connectivity index (χ1v) is 6.04. The van der Waals surface area contributed by atoms with Crippen molar-refractivity contribution in [3.63, 3.8) is 0 Å². The summed E-state index contributed by atoms with van der Waals surface area (Å²) < 4.78 is 6.63. The Kier molecular flexibility index (Phi) is 4.13. The first kappa shape index (κ1) is 13.1. The molecule has 4 heteroatoms. The molecule has 2 aromatic rings. The number of esters is 1. The third-order valence-corrected chi connectivity index (χ3v) is 2.57. The largest absolute Gasteiger partial charge is 0.458 e. The maximum atomic E-state index is 11.2. The van der Waals surface area contributed by atoms with Gasteiger partial charge in [-0.1, -0.05) is 18.7 Å². The summed E-state index contributed by atoms with van der Waals surface area (Å²) in [4.78, 5) is 16.7. The second-order valence-electron chi connectivity index (χ2n) is 4.14. The number of aromatic nitrogens is 1. The van der Waals surface area contributed by atoms with E-state index in [0.717, 1.165) is 10.9 Å². The van der Waals surface area contributed by atoms with E-state index >= 15 is 0 Å². The average molecular weight is 258 g/mol. The number of fused-ring (bicyclic) bond motifs is 1. The zero-order valence-corrected chi connectivity index (χ0v) is 10.8.